The second kappa shape index (κ2) is 12.3. The van der Waals surface area contributed by atoms with E-state index < -0.39 is 32.0 Å². The number of hydrogen-bond donors (Lipinski definition) is 2. The van der Waals surface area contributed by atoms with Crippen molar-refractivity contribution in [1.82, 2.24) is 20.5 Å². The highest BCUT2D eigenvalue weighted by Crippen LogP contribution is 2.39. The Bertz CT molecular complexity index is 1240. The third kappa shape index (κ3) is 7.39. The topological polar surface area (TPSA) is 83.6 Å². The number of nitrogens with one attached hydrogen (secondary N) is 2. The van der Waals surface area contributed by atoms with E-state index >= 15 is 8.78 Å². The van der Waals surface area contributed by atoms with Gasteiger partial charge in [0, 0.05) is 57.6 Å². The molecule has 0 spiro atoms. The zero-order chi connectivity index (χ0) is 30.0. The molecule has 2 heterocycles. The van der Waals surface area contributed by atoms with Crippen LogP contribution in [-0.4, -0.2) is 68.8 Å². The quantitative estimate of drug-likeness (QED) is 0.227. The zero-order valence-electron chi connectivity index (χ0n) is 25.1. The molecular weight excluding hydrogens is 542 g/mol. The number of carbonyl (C=O) groups excluding carboxylic acids is 2. The van der Waals surface area contributed by atoms with Crippen LogP contribution in [0.15, 0.2) is 42.6 Å². The Morgan fingerprint density at radius 3 is 2.61 bits per heavy atom. The second-order valence-electron chi connectivity index (χ2n) is 13.2. The highest BCUT2D eigenvalue weighted by atomic mass is 28.3. The van der Waals surface area contributed by atoms with Crippen molar-refractivity contribution >= 4 is 19.9 Å². The van der Waals surface area contributed by atoms with Crippen molar-refractivity contribution in [2.45, 2.75) is 82.7 Å². The maximum absolute atomic E-state index is 15.5. The summed E-state index contributed by atoms with van der Waals surface area (Å²) in [5, 5.41) is 5.71. The van der Waals surface area contributed by atoms with Crippen LogP contribution in [0, 0.1) is 5.41 Å². The molecule has 4 rings (SSSR count). The monoisotopic (exact) mass is 586 g/mol. The van der Waals surface area contributed by atoms with Crippen molar-refractivity contribution in [3.05, 3.63) is 65.0 Å². The summed E-state index contributed by atoms with van der Waals surface area (Å²) in [7, 11) is 0.516. The van der Waals surface area contributed by atoms with E-state index in [0.717, 1.165) is 11.6 Å². The smallest absolute Gasteiger partial charge is 0.286 e. The Morgan fingerprint density at radius 2 is 1.93 bits per heavy atom. The van der Waals surface area contributed by atoms with E-state index in [1.54, 1.807) is 11.9 Å². The minimum atomic E-state index is -3.24. The first-order valence-electron chi connectivity index (χ1n) is 14.5. The number of fused-ring (bicyclic) bond motifs is 1. The molecule has 2 aromatic rings. The molecule has 1 saturated heterocycles. The van der Waals surface area contributed by atoms with Crippen LogP contribution in [0.3, 0.4) is 0 Å². The molecule has 1 aromatic carbocycles. The fraction of sp³-hybridized carbons (Fsp3) is 0.581. The van der Waals surface area contributed by atoms with Gasteiger partial charge in [0.1, 0.15) is 6.73 Å². The van der Waals surface area contributed by atoms with Crippen LogP contribution in [-0.2, 0) is 33.1 Å². The number of likely N-dealkylation sites (N-methyl/N-ethyl adjacent to an activating group) is 1. The molecule has 1 fully saturated rings. The number of benzene rings is 1. The third-order valence-electron chi connectivity index (χ3n) is 8.63. The number of aromatic nitrogens is 1. The van der Waals surface area contributed by atoms with Crippen molar-refractivity contribution in [1.29, 1.82) is 0 Å². The Balaban J connectivity index is 1.36. The van der Waals surface area contributed by atoms with Gasteiger partial charge in [0.25, 0.3) is 5.92 Å². The lowest BCUT2D eigenvalue weighted by Gasteiger charge is -2.41. The van der Waals surface area contributed by atoms with Crippen LogP contribution in [0.1, 0.15) is 48.6 Å². The predicted octanol–water partition coefficient (Wildman–Crippen LogP) is 4.70. The molecule has 41 heavy (non-hydrogen) atoms. The van der Waals surface area contributed by atoms with Gasteiger partial charge < -0.3 is 15.0 Å². The molecular formula is C31H44F2N4O3Si. The number of piperidine rings is 1. The number of likely N-dealkylation sites (tertiary alicyclic amines) is 1. The standard InChI is InChI=1S/C31H44F2N4O3Si/c1-21-25(22-10-8-7-9-11-22)15-26(28(38)37(21)3)35-19-31(32,33)24-14-23-16-30(2,17-27(23)34-18-24)29(39)36-20-40-12-13-41(4,5)6/h7-11,14,18,21,25-26,35H,12-13,15-17,19-20H2,1-6H3,(H,36,39)/t21-,25-,26+,30?/m1/s1. The summed E-state index contributed by atoms with van der Waals surface area (Å²) < 4.78 is 36.5. The van der Waals surface area contributed by atoms with Gasteiger partial charge in [-0.1, -0.05) is 56.9 Å². The summed E-state index contributed by atoms with van der Waals surface area (Å²) >= 11 is 0. The average Bonchev–Trinajstić information content (AvgIpc) is 3.27. The van der Waals surface area contributed by atoms with Gasteiger partial charge in [0.15, 0.2) is 0 Å². The Hall–Kier alpha value is -2.69. The number of carbonyl (C=O) groups is 2. The molecule has 2 aliphatic rings. The largest absolute Gasteiger partial charge is 0.362 e. The zero-order valence-corrected chi connectivity index (χ0v) is 26.1. The molecule has 1 aliphatic heterocycles. The first-order valence-corrected chi connectivity index (χ1v) is 18.2. The van der Waals surface area contributed by atoms with E-state index in [1.165, 1.54) is 12.3 Å². The normalized spacial score (nSPS) is 24.8. The van der Waals surface area contributed by atoms with E-state index in [1.807, 2.05) is 44.2 Å². The van der Waals surface area contributed by atoms with Crippen LogP contribution >= 0.6 is 0 Å². The highest BCUT2D eigenvalue weighted by molar-refractivity contribution is 6.76. The summed E-state index contributed by atoms with van der Waals surface area (Å²) in [6.45, 7) is 10.7. The van der Waals surface area contributed by atoms with Crippen molar-refractivity contribution in [3.63, 3.8) is 0 Å². The van der Waals surface area contributed by atoms with E-state index in [-0.39, 0.29) is 36.1 Å². The molecule has 2 amide bonds. The summed E-state index contributed by atoms with van der Waals surface area (Å²) in [6, 6.07) is 11.6. The summed E-state index contributed by atoms with van der Waals surface area (Å²) in [5.41, 5.74) is 1.43. The van der Waals surface area contributed by atoms with Crippen LogP contribution in [0.25, 0.3) is 0 Å². The molecule has 1 unspecified atom stereocenters. The first kappa shape index (κ1) is 31.2. The summed E-state index contributed by atoms with van der Waals surface area (Å²) in [6.07, 6.45) is 2.36. The molecule has 4 atom stereocenters. The van der Waals surface area contributed by atoms with E-state index in [2.05, 4.69) is 35.3 Å². The van der Waals surface area contributed by atoms with Gasteiger partial charge in [-0.25, -0.2) is 0 Å². The molecule has 0 saturated carbocycles. The molecule has 10 heteroatoms. The molecule has 0 bridgehead atoms. The van der Waals surface area contributed by atoms with E-state index in [9.17, 15) is 9.59 Å². The van der Waals surface area contributed by atoms with Gasteiger partial charge in [-0.15, -0.1) is 0 Å². The molecule has 224 valence electrons. The van der Waals surface area contributed by atoms with Gasteiger partial charge >= 0.3 is 0 Å². The van der Waals surface area contributed by atoms with Gasteiger partial charge in [-0.2, -0.15) is 8.78 Å². The number of rotatable bonds is 11. The number of nitrogens with zero attached hydrogens (tertiary/aromatic N) is 2. The number of amides is 2. The lowest BCUT2D eigenvalue weighted by Crippen LogP contribution is -2.56. The fourth-order valence-corrected chi connectivity index (χ4v) is 6.51. The first-order chi connectivity index (χ1) is 19.2. The number of pyridine rings is 1. The van der Waals surface area contributed by atoms with Gasteiger partial charge in [-0.3, -0.25) is 19.9 Å². The minimum absolute atomic E-state index is 0.0346. The van der Waals surface area contributed by atoms with Crippen LogP contribution in [0.5, 0.6) is 0 Å². The lowest BCUT2D eigenvalue weighted by atomic mass is 9.82. The third-order valence-corrected chi connectivity index (χ3v) is 10.3. The minimum Gasteiger partial charge on any atom is -0.362 e. The lowest BCUT2D eigenvalue weighted by molar-refractivity contribution is -0.138. The Kier molecular flexibility index (Phi) is 9.35. The van der Waals surface area contributed by atoms with Crippen molar-refractivity contribution in [2.24, 2.45) is 5.41 Å². The number of alkyl halides is 2. The van der Waals surface area contributed by atoms with Crippen LogP contribution in [0.2, 0.25) is 25.7 Å². The molecule has 0 radical (unpaired) electrons. The van der Waals surface area contributed by atoms with E-state index in [0.29, 0.717) is 37.1 Å². The van der Waals surface area contributed by atoms with Gasteiger partial charge in [0.05, 0.1) is 18.0 Å². The van der Waals surface area contributed by atoms with Gasteiger partial charge in [0.2, 0.25) is 11.8 Å². The molecule has 1 aromatic heterocycles. The van der Waals surface area contributed by atoms with Gasteiger partial charge in [-0.05, 0) is 43.0 Å². The molecule has 1 aliphatic carbocycles. The summed E-state index contributed by atoms with van der Waals surface area (Å²) in [5.74, 6) is -3.54. The Morgan fingerprint density at radius 1 is 1.22 bits per heavy atom. The average molecular weight is 587 g/mol. The van der Waals surface area contributed by atoms with Crippen molar-refractivity contribution in [2.75, 3.05) is 26.9 Å². The predicted molar refractivity (Wildman–Crippen MR) is 159 cm³/mol. The van der Waals surface area contributed by atoms with Crippen LogP contribution < -0.4 is 10.6 Å². The molecule has 2 N–H and O–H groups in total. The Labute approximate surface area is 243 Å². The second-order valence-corrected chi connectivity index (χ2v) is 18.8. The van der Waals surface area contributed by atoms with E-state index in [4.69, 9.17) is 4.74 Å². The van der Waals surface area contributed by atoms with Crippen molar-refractivity contribution in [3.8, 4) is 0 Å². The van der Waals surface area contributed by atoms with Crippen LogP contribution in [0.4, 0.5) is 8.78 Å². The number of halogens is 2. The highest BCUT2D eigenvalue weighted by Gasteiger charge is 2.43. The van der Waals surface area contributed by atoms with Crippen molar-refractivity contribution < 1.29 is 23.1 Å². The maximum atomic E-state index is 15.5. The fourth-order valence-electron chi connectivity index (χ4n) is 5.75. The number of hydrogen-bond acceptors (Lipinski definition) is 5. The maximum Gasteiger partial charge on any atom is 0.286 e. The number of ether oxygens (including phenoxy) is 1. The summed E-state index contributed by atoms with van der Waals surface area (Å²) in [4.78, 5) is 31.9. The SMILES string of the molecule is C[C@@H]1[C@H](c2ccccc2)C[C@H](NCC(F)(F)c2cnc3c(c2)CC(C)(C(=O)NCOCC[Si](C)(C)C)C3)C(=O)N1C. The molecule has 7 nitrogen and oxygen atoms in total.